The first-order valence-electron chi connectivity index (χ1n) is 5.78. The van der Waals surface area contributed by atoms with Crippen LogP contribution in [0.4, 0.5) is 16.2 Å². The average molecular weight is 268 g/mol. The summed E-state index contributed by atoms with van der Waals surface area (Å²) in [6.07, 6.45) is -0.577. The van der Waals surface area contributed by atoms with Gasteiger partial charge in [0.2, 0.25) is 0 Å². The number of benzene rings is 1. The SMILES string of the molecule is COc1cc(N)c(NC(=O)OC(C)(C)C)cc1OC. The number of ether oxygens (including phenoxy) is 3. The Bertz CT molecular complexity index is 466. The highest BCUT2D eigenvalue weighted by molar-refractivity contribution is 5.90. The lowest BCUT2D eigenvalue weighted by Gasteiger charge is -2.20. The summed E-state index contributed by atoms with van der Waals surface area (Å²) in [4.78, 5) is 11.7. The second kappa shape index (κ2) is 5.69. The highest BCUT2D eigenvalue weighted by atomic mass is 16.6. The third-order valence-electron chi connectivity index (χ3n) is 2.19. The maximum absolute atomic E-state index is 11.7. The van der Waals surface area contributed by atoms with Gasteiger partial charge in [-0.05, 0) is 20.8 Å². The molecular weight excluding hydrogens is 248 g/mol. The molecule has 0 unspecified atom stereocenters. The van der Waals surface area contributed by atoms with Crippen molar-refractivity contribution in [2.24, 2.45) is 0 Å². The molecule has 0 aliphatic rings. The summed E-state index contributed by atoms with van der Waals surface area (Å²) in [5, 5.41) is 2.57. The molecule has 3 N–H and O–H groups in total. The lowest BCUT2D eigenvalue weighted by Crippen LogP contribution is -2.27. The largest absolute Gasteiger partial charge is 0.493 e. The lowest BCUT2D eigenvalue weighted by atomic mass is 10.2. The van der Waals surface area contributed by atoms with Gasteiger partial charge in [-0.1, -0.05) is 0 Å². The molecule has 19 heavy (non-hydrogen) atoms. The van der Waals surface area contributed by atoms with Crippen molar-refractivity contribution >= 4 is 17.5 Å². The summed E-state index contributed by atoms with van der Waals surface area (Å²) in [6, 6.07) is 3.16. The number of methoxy groups -OCH3 is 2. The van der Waals surface area contributed by atoms with Crippen molar-refractivity contribution in [1.29, 1.82) is 0 Å². The summed E-state index contributed by atoms with van der Waals surface area (Å²) in [6.45, 7) is 5.35. The molecule has 0 aliphatic heterocycles. The summed E-state index contributed by atoms with van der Waals surface area (Å²) < 4.78 is 15.4. The Labute approximate surface area is 112 Å². The first-order valence-corrected chi connectivity index (χ1v) is 5.78. The van der Waals surface area contributed by atoms with Gasteiger partial charge in [0.15, 0.2) is 11.5 Å². The molecule has 0 heterocycles. The number of amides is 1. The normalized spacial score (nSPS) is 10.8. The number of hydrogen-bond acceptors (Lipinski definition) is 5. The van der Waals surface area contributed by atoms with Crippen LogP contribution in [0.25, 0.3) is 0 Å². The molecule has 0 aliphatic carbocycles. The van der Waals surface area contributed by atoms with E-state index in [0.29, 0.717) is 22.9 Å². The van der Waals surface area contributed by atoms with E-state index in [-0.39, 0.29) is 0 Å². The third kappa shape index (κ3) is 4.24. The van der Waals surface area contributed by atoms with Crippen LogP contribution < -0.4 is 20.5 Å². The minimum atomic E-state index is -0.577. The topological polar surface area (TPSA) is 82.8 Å². The molecule has 1 amide bonds. The predicted molar refractivity (Wildman–Crippen MR) is 73.8 cm³/mol. The minimum absolute atomic E-state index is 0.364. The van der Waals surface area contributed by atoms with E-state index in [4.69, 9.17) is 19.9 Å². The lowest BCUT2D eigenvalue weighted by molar-refractivity contribution is 0.0636. The smallest absolute Gasteiger partial charge is 0.412 e. The Morgan fingerprint density at radius 1 is 1.16 bits per heavy atom. The number of nitrogens with one attached hydrogen (secondary N) is 1. The van der Waals surface area contributed by atoms with Crippen LogP contribution in [0.3, 0.4) is 0 Å². The molecule has 1 aromatic rings. The molecule has 0 saturated heterocycles. The van der Waals surface area contributed by atoms with E-state index >= 15 is 0 Å². The molecule has 0 fully saturated rings. The van der Waals surface area contributed by atoms with E-state index < -0.39 is 11.7 Å². The molecule has 0 bridgehead atoms. The first-order chi connectivity index (χ1) is 8.76. The number of hydrogen-bond donors (Lipinski definition) is 2. The van der Waals surface area contributed by atoms with Crippen LogP contribution >= 0.6 is 0 Å². The molecule has 0 atom stereocenters. The third-order valence-corrected chi connectivity index (χ3v) is 2.19. The second-order valence-corrected chi connectivity index (χ2v) is 4.92. The first kappa shape index (κ1) is 14.9. The van der Waals surface area contributed by atoms with Crippen LogP contribution in [0.1, 0.15) is 20.8 Å². The molecule has 6 nitrogen and oxygen atoms in total. The van der Waals surface area contributed by atoms with E-state index in [1.54, 1.807) is 32.9 Å². The van der Waals surface area contributed by atoms with E-state index in [1.807, 2.05) is 0 Å². The maximum Gasteiger partial charge on any atom is 0.412 e. The molecule has 1 aromatic carbocycles. The Morgan fingerprint density at radius 3 is 2.16 bits per heavy atom. The Hall–Kier alpha value is -2.11. The zero-order valence-corrected chi connectivity index (χ0v) is 11.9. The van der Waals surface area contributed by atoms with Gasteiger partial charge in [0.05, 0.1) is 25.6 Å². The summed E-state index contributed by atoms with van der Waals surface area (Å²) >= 11 is 0. The van der Waals surface area contributed by atoms with Crippen LogP contribution in [-0.4, -0.2) is 25.9 Å². The monoisotopic (exact) mass is 268 g/mol. The number of carbonyl (C=O) groups excluding carboxylic acids is 1. The number of nitrogens with two attached hydrogens (primary N) is 1. The molecule has 106 valence electrons. The van der Waals surface area contributed by atoms with E-state index in [9.17, 15) is 4.79 Å². The Kier molecular flexibility index (Phi) is 4.47. The quantitative estimate of drug-likeness (QED) is 0.823. The molecule has 0 radical (unpaired) electrons. The zero-order chi connectivity index (χ0) is 14.6. The molecular formula is C13H20N2O4. The summed E-state index contributed by atoms with van der Waals surface area (Å²) in [7, 11) is 3.02. The number of nitrogen functional groups attached to an aromatic ring is 1. The number of anilines is 2. The van der Waals surface area contributed by atoms with Gasteiger partial charge in [-0.2, -0.15) is 0 Å². The van der Waals surface area contributed by atoms with Gasteiger partial charge in [-0.15, -0.1) is 0 Å². The maximum atomic E-state index is 11.7. The Morgan fingerprint density at radius 2 is 1.68 bits per heavy atom. The van der Waals surface area contributed by atoms with E-state index in [2.05, 4.69) is 5.32 Å². The van der Waals surface area contributed by atoms with Crippen LogP contribution in [-0.2, 0) is 4.74 Å². The van der Waals surface area contributed by atoms with Crippen molar-refractivity contribution < 1.29 is 19.0 Å². The molecule has 1 rings (SSSR count). The average Bonchev–Trinajstić information content (AvgIpc) is 2.28. The van der Waals surface area contributed by atoms with E-state index in [0.717, 1.165) is 0 Å². The van der Waals surface area contributed by atoms with Crippen LogP contribution in [0.5, 0.6) is 11.5 Å². The van der Waals surface area contributed by atoms with Gasteiger partial charge in [0, 0.05) is 12.1 Å². The van der Waals surface area contributed by atoms with Crippen LogP contribution in [0, 0.1) is 0 Å². The van der Waals surface area contributed by atoms with Gasteiger partial charge in [-0.3, -0.25) is 5.32 Å². The van der Waals surface area contributed by atoms with Crippen molar-refractivity contribution in [3.8, 4) is 11.5 Å². The van der Waals surface area contributed by atoms with Crippen molar-refractivity contribution in [3.05, 3.63) is 12.1 Å². The van der Waals surface area contributed by atoms with Gasteiger partial charge >= 0.3 is 6.09 Å². The fourth-order valence-corrected chi connectivity index (χ4v) is 1.42. The zero-order valence-electron chi connectivity index (χ0n) is 11.9. The van der Waals surface area contributed by atoms with Gasteiger partial charge in [0.1, 0.15) is 5.60 Å². The predicted octanol–water partition coefficient (Wildman–Crippen LogP) is 2.63. The standard InChI is InChI=1S/C13H20N2O4/c1-13(2,3)19-12(16)15-9-7-11(18-5)10(17-4)6-8(9)14/h6-7H,14H2,1-5H3,(H,15,16). The van der Waals surface area contributed by atoms with Crippen LogP contribution in [0.15, 0.2) is 12.1 Å². The summed E-state index contributed by atoms with van der Waals surface area (Å²) in [5.74, 6) is 0.970. The van der Waals surface area contributed by atoms with Gasteiger partial charge in [-0.25, -0.2) is 4.79 Å². The van der Waals surface area contributed by atoms with Crippen molar-refractivity contribution in [2.75, 3.05) is 25.3 Å². The van der Waals surface area contributed by atoms with E-state index in [1.165, 1.54) is 14.2 Å². The molecule has 6 heteroatoms. The van der Waals surface area contributed by atoms with Gasteiger partial charge < -0.3 is 19.9 Å². The highest BCUT2D eigenvalue weighted by Gasteiger charge is 2.18. The fourth-order valence-electron chi connectivity index (χ4n) is 1.42. The van der Waals surface area contributed by atoms with Crippen LogP contribution in [0.2, 0.25) is 0 Å². The van der Waals surface area contributed by atoms with Gasteiger partial charge in [0.25, 0.3) is 0 Å². The molecule has 0 aromatic heterocycles. The van der Waals surface area contributed by atoms with Crippen molar-refractivity contribution in [1.82, 2.24) is 0 Å². The number of carbonyl (C=O) groups is 1. The fraction of sp³-hybridized carbons (Fsp3) is 0.462. The highest BCUT2D eigenvalue weighted by Crippen LogP contribution is 2.34. The summed E-state index contributed by atoms with van der Waals surface area (Å²) in [5.41, 5.74) is 6.03. The minimum Gasteiger partial charge on any atom is -0.493 e. The number of rotatable bonds is 3. The second-order valence-electron chi connectivity index (χ2n) is 4.92. The van der Waals surface area contributed by atoms with Crippen molar-refractivity contribution in [2.45, 2.75) is 26.4 Å². The Balaban J connectivity index is 2.93. The molecule has 0 spiro atoms. The van der Waals surface area contributed by atoms with Crippen molar-refractivity contribution in [3.63, 3.8) is 0 Å². The molecule has 0 saturated carbocycles.